The van der Waals surface area contributed by atoms with E-state index in [1.165, 1.54) is 13.4 Å². The number of ether oxygens (including phenoxy) is 1. The molecule has 1 heterocycles. The summed E-state index contributed by atoms with van der Waals surface area (Å²) in [4.78, 5) is 19.2. The zero-order valence-electron chi connectivity index (χ0n) is 10.3. The van der Waals surface area contributed by atoms with Gasteiger partial charge in [-0.25, -0.2) is 9.97 Å². The van der Waals surface area contributed by atoms with Crippen molar-refractivity contribution in [1.82, 2.24) is 15.3 Å². The summed E-state index contributed by atoms with van der Waals surface area (Å²) in [6, 6.07) is 0. The molecule has 18 heavy (non-hydrogen) atoms. The second kappa shape index (κ2) is 5.52. The van der Waals surface area contributed by atoms with Gasteiger partial charge in [-0.3, -0.25) is 4.79 Å². The number of carbonyl (C=O) groups excluding carboxylic acids is 1. The lowest BCUT2D eigenvalue weighted by Crippen LogP contribution is -2.30. The molecule has 1 aliphatic carbocycles. The van der Waals surface area contributed by atoms with Gasteiger partial charge in [0.15, 0.2) is 11.6 Å². The normalized spacial score (nSPS) is 14.1. The van der Waals surface area contributed by atoms with E-state index in [0.29, 0.717) is 24.7 Å². The highest BCUT2D eigenvalue weighted by atomic mass is 16.5. The average molecular weight is 251 g/mol. The van der Waals surface area contributed by atoms with Crippen LogP contribution in [0.4, 0.5) is 11.6 Å². The molecule has 0 radical (unpaired) electrons. The van der Waals surface area contributed by atoms with Crippen LogP contribution in [-0.2, 0) is 4.79 Å². The van der Waals surface area contributed by atoms with Gasteiger partial charge in [0.2, 0.25) is 11.7 Å². The number of nitrogens with one attached hydrogen (secondary N) is 2. The van der Waals surface area contributed by atoms with Crippen LogP contribution in [0.15, 0.2) is 6.33 Å². The van der Waals surface area contributed by atoms with Gasteiger partial charge in [0, 0.05) is 19.0 Å². The number of hydrogen-bond donors (Lipinski definition) is 3. The maximum Gasteiger partial charge on any atom is 0.223 e. The van der Waals surface area contributed by atoms with Crippen LogP contribution in [0.5, 0.6) is 5.75 Å². The van der Waals surface area contributed by atoms with Crippen molar-refractivity contribution in [1.29, 1.82) is 0 Å². The van der Waals surface area contributed by atoms with Gasteiger partial charge in [0.25, 0.3) is 0 Å². The van der Waals surface area contributed by atoms with E-state index < -0.39 is 0 Å². The number of hydrogen-bond acceptors (Lipinski definition) is 6. The molecule has 4 N–H and O–H groups in total. The third kappa shape index (κ3) is 2.99. The molecule has 0 unspecified atom stereocenters. The van der Waals surface area contributed by atoms with Crippen molar-refractivity contribution in [2.45, 2.75) is 12.8 Å². The van der Waals surface area contributed by atoms with Crippen LogP contribution in [0.3, 0.4) is 0 Å². The Morgan fingerprint density at radius 3 is 2.94 bits per heavy atom. The summed E-state index contributed by atoms with van der Waals surface area (Å²) in [5, 5.41) is 5.90. The fourth-order valence-corrected chi connectivity index (χ4v) is 1.57. The molecule has 1 amide bonds. The Labute approximate surface area is 105 Å². The van der Waals surface area contributed by atoms with Crippen molar-refractivity contribution in [2.75, 3.05) is 31.2 Å². The molecule has 1 aromatic rings. The van der Waals surface area contributed by atoms with Gasteiger partial charge < -0.3 is 21.1 Å². The summed E-state index contributed by atoms with van der Waals surface area (Å²) >= 11 is 0. The van der Waals surface area contributed by atoms with Gasteiger partial charge in [-0.05, 0) is 12.8 Å². The molecule has 0 atom stereocenters. The second-order valence-corrected chi connectivity index (χ2v) is 4.13. The number of anilines is 2. The van der Waals surface area contributed by atoms with Crippen molar-refractivity contribution >= 4 is 17.5 Å². The van der Waals surface area contributed by atoms with Crippen molar-refractivity contribution < 1.29 is 9.53 Å². The molecule has 1 aliphatic rings. The first-order valence-corrected chi connectivity index (χ1v) is 5.88. The highest BCUT2D eigenvalue weighted by Gasteiger charge is 2.28. The number of methoxy groups -OCH3 is 1. The first-order chi connectivity index (χ1) is 8.72. The lowest BCUT2D eigenvalue weighted by atomic mass is 10.4. The molecule has 1 aromatic heterocycles. The summed E-state index contributed by atoms with van der Waals surface area (Å²) in [7, 11) is 1.51. The first kappa shape index (κ1) is 12.4. The van der Waals surface area contributed by atoms with E-state index in [2.05, 4.69) is 20.6 Å². The Morgan fingerprint density at radius 1 is 1.50 bits per heavy atom. The van der Waals surface area contributed by atoms with E-state index in [1.807, 2.05) is 0 Å². The quantitative estimate of drug-likeness (QED) is 0.615. The number of rotatable bonds is 6. The molecule has 0 aliphatic heterocycles. The summed E-state index contributed by atoms with van der Waals surface area (Å²) in [5.41, 5.74) is 5.65. The summed E-state index contributed by atoms with van der Waals surface area (Å²) < 4.78 is 5.10. The van der Waals surface area contributed by atoms with Gasteiger partial charge in [0.1, 0.15) is 6.33 Å². The minimum Gasteiger partial charge on any atom is -0.490 e. The topological polar surface area (TPSA) is 102 Å². The number of nitrogens with two attached hydrogens (primary N) is 1. The van der Waals surface area contributed by atoms with Gasteiger partial charge >= 0.3 is 0 Å². The molecule has 7 heteroatoms. The van der Waals surface area contributed by atoms with Crippen LogP contribution in [0.1, 0.15) is 12.8 Å². The van der Waals surface area contributed by atoms with Crippen LogP contribution in [-0.4, -0.2) is 36.1 Å². The Balaban J connectivity index is 1.79. The monoisotopic (exact) mass is 251 g/mol. The minimum atomic E-state index is 0.131. The van der Waals surface area contributed by atoms with Crippen LogP contribution in [0, 0.1) is 5.92 Å². The van der Waals surface area contributed by atoms with Crippen molar-refractivity contribution in [3.63, 3.8) is 0 Å². The van der Waals surface area contributed by atoms with E-state index in [1.54, 1.807) is 0 Å². The Hall–Kier alpha value is -2.05. The third-order valence-electron chi connectivity index (χ3n) is 2.70. The minimum absolute atomic E-state index is 0.131. The van der Waals surface area contributed by atoms with Crippen LogP contribution in [0.25, 0.3) is 0 Å². The standard InChI is InChI=1S/C11H17N5O2/c1-18-8-9(12)15-6-16-10(8)13-4-5-14-11(17)7-2-3-7/h6-7H,2-5H2,1H3,(H,14,17)(H3,12,13,15,16). The third-order valence-corrected chi connectivity index (χ3v) is 2.70. The van der Waals surface area contributed by atoms with Gasteiger partial charge in [0.05, 0.1) is 7.11 Å². The van der Waals surface area contributed by atoms with E-state index in [-0.39, 0.29) is 17.6 Å². The average Bonchev–Trinajstić information content (AvgIpc) is 3.18. The van der Waals surface area contributed by atoms with Crippen LogP contribution >= 0.6 is 0 Å². The van der Waals surface area contributed by atoms with E-state index in [4.69, 9.17) is 10.5 Å². The molecule has 7 nitrogen and oxygen atoms in total. The maximum atomic E-state index is 11.4. The molecule has 1 fully saturated rings. The molecular weight excluding hydrogens is 234 g/mol. The molecule has 0 aromatic carbocycles. The molecular formula is C11H17N5O2. The predicted molar refractivity (Wildman–Crippen MR) is 67.2 cm³/mol. The fourth-order valence-electron chi connectivity index (χ4n) is 1.57. The molecule has 0 saturated heterocycles. The van der Waals surface area contributed by atoms with Crippen molar-refractivity contribution in [3.8, 4) is 5.75 Å². The number of nitrogen functional groups attached to an aromatic ring is 1. The lowest BCUT2D eigenvalue weighted by molar-refractivity contribution is -0.122. The Morgan fingerprint density at radius 2 is 2.28 bits per heavy atom. The molecule has 0 spiro atoms. The Kier molecular flexibility index (Phi) is 3.81. The number of amides is 1. The Bertz CT molecular complexity index is 433. The summed E-state index contributed by atoms with van der Waals surface area (Å²) in [6.07, 6.45) is 3.38. The molecule has 1 saturated carbocycles. The van der Waals surface area contributed by atoms with Crippen LogP contribution in [0.2, 0.25) is 0 Å². The highest BCUT2D eigenvalue weighted by molar-refractivity contribution is 5.80. The zero-order valence-corrected chi connectivity index (χ0v) is 10.3. The molecule has 98 valence electrons. The predicted octanol–water partition coefficient (Wildman–Crippen LogP) is 0.00550. The highest BCUT2D eigenvalue weighted by Crippen LogP contribution is 2.28. The van der Waals surface area contributed by atoms with Gasteiger partial charge in [-0.1, -0.05) is 0 Å². The maximum absolute atomic E-state index is 11.4. The number of carbonyl (C=O) groups is 1. The van der Waals surface area contributed by atoms with Crippen molar-refractivity contribution in [2.24, 2.45) is 5.92 Å². The largest absolute Gasteiger partial charge is 0.490 e. The smallest absolute Gasteiger partial charge is 0.223 e. The van der Waals surface area contributed by atoms with Crippen LogP contribution < -0.4 is 21.1 Å². The first-order valence-electron chi connectivity index (χ1n) is 5.88. The van der Waals surface area contributed by atoms with Crippen molar-refractivity contribution in [3.05, 3.63) is 6.33 Å². The van der Waals surface area contributed by atoms with Gasteiger partial charge in [-0.15, -0.1) is 0 Å². The molecule has 0 bridgehead atoms. The van der Waals surface area contributed by atoms with E-state index in [9.17, 15) is 4.79 Å². The fraction of sp³-hybridized carbons (Fsp3) is 0.545. The van der Waals surface area contributed by atoms with E-state index in [0.717, 1.165) is 12.8 Å². The van der Waals surface area contributed by atoms with Gasteiger partial charge in [-0.2, -0.15) is 0 Å². The SMILES string of the molecule is COc1c(N)ncnc1NCCNC(=O)C1CC1. The zero-order chi connectivity index (χ0) is 13.0. The van der Waals surface area contributed by atoms with E-state index >= 15 is 0 Å². The number of aromatic nitrogens is 2. The summed E-state index contributed by atoms with van der Waals surface area (Å²) in [5.74, 6) is 1.61. The number of nitrogens with zero attached hydrogens (tertiary/aromatic N) is 2. The second-order valence-electron chi connectivity index (χ2n) is 4.13. The molecule has 2 rings (SSSR count). The summed E-state index contributed by atoms with van der Waals surface area (Å²) in [6.45, 7) is 1.10. The lowest BCUT2D eigenvalue weighted by Gasteiger charge is -2.11.